The van der Waals surface area contributed by atoms with Gasteiger partial charge in [0, 0.05) is 17.5 Å². The molecule has 1 unspecified atom stereocenters. The number of ether oxygens (including phenoxy) is 4. The zero-order valence-electron chi connectivity index (χ0n) is 24.5. The molecule has 240 valence electrons. The van der Waals surface area contributed by atoms with Crippen LogP contribution in [0.5, 0.6) is 11.5 Å². The van der Waals surface area contributed by atoms with E-state index in [1.54, 1.807) is 24.3 Å². The summed E-state index contributed by atoms with van der Waals surface area (Å²) < 4.78 is 57.7. The molecule has 0 aliphatic carbocycles. The highest BCUT2D eigenvalue weighted by Gasteiger charge is 2.21. The topological polar surface area (TPSA) is 140 Å². The van der Waals surface area contributed by atoms with Gasteiger partial charge in [0.05, 0.1) is 24.3 Å². The van der Waals surface area contributed by atoms with Gasteiger partial charge in [-0.3, -0.25) is 0 Å². The van der Waals surface area contributed by atoms with Crippen LogP contribution in [0.25, 0.3) is 6.08 Å². The van der Waals surface area contributed by atoms with Crippen LogP contribution in [0.1, 0.15) is 64.8 Å². The zero-order chi connectivity index (χ0) is 32.6. The van der Waals surface area contributed by atoms with Crippen LogP contribution < -0.4 is 20.9 Å². The lowest BCUT2D eigenvalue weighted by Crippen LogP contribution is -2.19. The van der Waals surface area contributed by atoms with Gasteiger partial charge < -0.3 is 30.4 Å². The van der Waals surface area contributed by atoms with Gasteiger partial charge in [0.15, 0.2) is 0 Å². The Labute approximate surface area is 258 Å². The first-order chi connectivity index (χ1) is 21.6. The fourth-order valence-corrected chi connectivity index (χ4v) is 4.00. The van der Waals surface area contributed by atoms with Crippen molar-refractivity contribution >= 4 is 35.4 Å². The van der Waals surface area contributed by atoms with Crippen molar-refractivity contribution in [3.8, 4) is 11.5 Å². The number of carbonyl (C=O) groups excluding carboxylic acids is 3. The lowest BCUT2D eigenvalue weighted by molar-refractivity contribution is -0.137. The second-order valence-electron chi connectivity index (χ2n) is 9.93. The van der Waals surface area contributed by atoms with Gasteiger partial charge in [0.25, 0.3) is 6.36 Å². The third-order valence-corrected chi connectivity index (χ3v) is 6.27. The van der Waals surface area contributed by atoms with Crippen LogP contribution in [0.15, 0.2) is 72.8 Å². The first kappa shape index (κ1) is 34.5. The summed E-state index contributed by atoms with van der Waals surface area (Å²) in [7, 11) is 0. The van der Waals surface area contributed by atoms with Crippen LogP contribution in [-0.4, -0.2) is 43.9 Å². The standard InChI is InChI=1S/C33H35F3N2O7/c34-30(35)31(36)44-27-14-10-23(11-15-27)33(41)45-28-12-7-22(8-13-28)9-16-29(39)42-17-5-3-1-2-4-6-18-43-32(40)24-19-25(37)21-26(38)20-24/h7-16,19-21,30-31H,1-6,17-18,37-38H2. The molecule has 12 heteroatoms. The lowest BCUT2D eigenvalue weighted by Gasteiger charge is -2.10. The first-order valence-electron chi connectivity index (χ1n) is 14.3. The fraction of sp³-hybridized carbons (Fsp3) is 0.303. The first-order valence-corrected chi connectivity index (χ1v) is 14.3. The molecule has 0 aliphatic heterocycles. The molecule has 0 radical (unpaired) electrons. The predicted octanol–water partition coefficient (Wildman–Crippen LogP) is 6.76. The fourth-order valence-electron chi connectivity index (χ4n) is 4.00. The van der Waals surface area contributed by atoms with Gasteiger partial charge in [-0.05, 0) is 79.1 Å². The molecule has 3 rings (SSSR count). The minimum Gasteiger partial charge on any atom is -0.463 e. The maximum absolute atomic E-state index is 13.0. The zero-order valence-corrected chi connectivity index (χ0v) is 24.5. The molecule has 45 heavy (non-hydrogen) atoms. The smallest absolute Gasteiger partial charge is 0.343 e. The second-order valence-corrected chi connectivity index (χ2v) is 9.93. The number of anilines is 2. The summed E-state index contributed by atoms with van der Waals surface area (Å²) in [5.74, 6) is -1.55. The van der Waals surface area contributed by atoms with Crippen molar-refractivity contribution in [1.29, 1.82) is 0 Å². The summed E-state index contributed by atoms with van der Waals surface area (Å²) >= 11 is 0. The Morgan fingerprint density at radius 3 is 1.82 bits per heavy atom. The van der Waals surface area contributed by atoms with Gasteiger partial charge >= 0.3 is 24.3 Å². The Balaban J connectivity index is 1.25. The average Bonchev–Trinajstić information content (AvgIpc) is 3.01. The van der Waals surface area contributed by atoms with Crippen LogP contribution in [0, 0.1) is 0 Å². The molecular formula is C33H35F3N2O7. The number of hydrogen-bond donors (Lipinski definition) is 2. The molecule has 0 aliphatic rings. The average molecular weight is 629 g/mol. The van der Waals surface area contributed by atoms with Crippen molar-refractivity contribution in [2.24, 2.45) is 0 Å². The Kier molecular flexibility index (Phi) is 13.8. The van der Waals surface area contributed by atoms with E-state index in [1.807, 2.05) is 0 Å². The minimum atomic E-state index is -3.28. The van der Waals surface area contributed by atoms with Gasteiger partial charge in [-0.1, -0.05) is 37.8 Å². The molecule has 0 amide bonds. The van der Waals surface area contributed by atoms with Gasteiger partial charge in [-0.2, -0.15) is 4.39 Å². The van der Waals surface area contributed by atoms with Gasteiger partial charge in [-0.25, -0.2) is 23.2 Å². The highest BCUT2D eigenvalue weighted by molar-refractivity contribution is 5.92. The molecule has 0 spiro atoms. The van der Waals surface area contributed by atoms with Crippen LogP contribution in [0.3, 0.4) is 0 Å². The van der Waals surface area contributed by atoms with Crippen LogP contribution in [-0.2, 0) is 14.3 Å². The van der Waals surface area contributed by atoms with Crippen molar-refractivity contribution in [1.82, 2.24) is 0 Å². The lowest BCUT2D eigenvalue weighted by atomic mass is 10.1. The molecule has 9 nitrogen and oxygen atoms in total. The van der Waals surface area contributed by atoms with E-state index in [2.05, 4.69) is 4.74 Å². The predicted molar refractivity (Wildman–Crippen MR) is 163 cm³/mol. The van der Waals surface area contributed by atoms with Crippen molar-refractivity contribution in [3.63, 3.8) is 0 Å². The Hall–Kier alpha value is -5.00. The van der Waals surface area contributed by atoms with Crippen LogP contribution >= 0.6 is 0 Å². The van der Waals surface area contributed by atoms with E-state index in [9.17, 15) is 27.6 Å². The number of unbranched alkanes of at least 4 members (excludes halogenated alkanes) is 5. The Bertz CT molecular complexity index is 1410. The van der Waals surface area contributed by atoms with Crippen molar-refractivity contribution in [2.45, 2.75) is 51.3 Å². The molecule has 0 fully saturated rings. The number of esters is 3. The number of carbonyl (C=O) groups is 3. The number of benzene rings is 3. The molecule has 3 aromatic carbocycles. The number of nitrogens with two attached hydrogens (primary N) is 2. The van der Waals surface area contributed by atoms with Crippen LogP contribution in [0.2, 0.25) is 0 Å². The summed E-state index contributed by atoms with van der Waals surface area (Å²) in [5, 5.41) is 0. The van der Waals surface area contributed by atoms with Gasteiger partial charge in [0.2, 0.25) is 0 Å². The molecule has 0 bridgehead atoms. The molecule has 1 atom stereocenters. The largest absolute Gasteiger partial charge is 0.463 e. The minimum absolute atomic E-state index is 0.113. The molecule has 0 heterocycles. The third kappa shape index (κ3) is 12.6. The second kappa shape index (κ2) is 18.0. The van der Waals surface area contributed by atoms with Crippen molar-refractivity contribution < 1.29 is 46.5 Å². The maximum atomic E-state index is 13.0. The van der Waals surface area contributed by atoms with Gasteiger partial charge in [0.1, 0.15) is 11.5 Å². The SMILES string of the molecule is Nc1cc(N)cc(C(=O)OCCCCCCCCOC(=O)C=Cc2ccc(OC(=O)c3ccc(OC(F)C(F)F)cc3)cc2)c1. The van der Waals surface area contributed by atoms with E-state index >= 15 is 0 Å². The van der Waals surface area contributed by atoms with Crippen molar-refractivity contribution in [2.75, 3.05) is 24.7 Å². The molecule has 0 saturated heterocycles. The Morgan fingerprint density at radius 2 is 1.22 bits per heavy atom. The monoisotopic (exact) mass is 628 g/mol. The van der Waals surface area contributed by atoms with E-state index in [0.29, 0.717) is 35.7 Å². The highest BCUT2D eigenvalue weighted by atomic mass is 19.3. The summed E-state index contributed by atoms with van der Waals surface area (Å²) in [4.78, 5) is 36.4. The van der Waals surface area contributed by atoms with E-state index in [1.165, 1.54) is 54.6 Å². The Morgan fingerprint density at radius 1 is 0.667 bits per heavy atom. The quantitative estimate of drug-likeness (QED) is 0.0545. The summed E-state index contributed by atoms with van der Waals surface area (Å²) in [6.07, 6.45) is 2.03. The summed E-state index contributed by atoms with van der Waals surface area (Å²) in [5.41, 5.74) is 13.3. The molecule has 3 aromatic rings. The molecule has 0 aromatic heterocycles. The summed E-state index contributed by atoms with van der Waals surface area (Å²) in [6.45, 7) is 0.612. The van der Waals surface area contributed by atoms with E-state index in [4.69, 9.17) is 25.7 Å². The molecule has 4 N–H and O–H groups in total. The number of rotatable bonds is 17. The maximum Gasteiger partial charge on any atom is 0.343 e. The summed E-state index contributed by atoms with van der Waals surface area (Å²) in [6, 6.07) is 15.9. The number of hydrogen-bond acceptors (Lipinski definition) is 9. The van der Waals surface area contributed by atoms with Gasteiger partial charge in [-0.15, -0.1) is 0 Å². The van der Waals surface area contributed by atoms with E-state index in [-0.39, 0.29) is 17.1 Å². The normalized spacial score (nSPS) is 11.7. The van der Waals surface area contributed by atoms with E-state index < -0.39 is 30.7 Å². The molecule has 0 saturated carbocycles. The highest BCUT2D eigenvalue weighted by Crippen LogP contribution is 2.20. The van der Waals surface area contributed by atoms with Crippen molar-refractivity contribution in [3.05, 3.63) is 89.5 Å². The number of halogens is 3. The number of alkyl halides is 3. The third-order valence-electron chi connectivity index (χ3n) is 6.27. The van der Waals surface area contributed by atoms with Crippen LogP contribution in [0.4, 0.5) is 24.5 Å². The number of nitrogen functional groups attached to an aromatic ring is 2. The molecular weight excluding hydrogens is 593 g/mol. The van der Waals surface area contributed by atoms with E-state index in [0.717, 1.165) is 38.5 Å².